The second-order valence-corrected chi connectivity index (χ2v) is 19.4. The largest absolute Gasteiger partial charge is 0.0622 e. The molecule has 19 aromatic carbocycles. The van der Waals surface area contributed by atoms with E-state index in [2.05, 4.69) is 182 Å². The van der Waals surface area contributed by atoms with Gasteiger partial charge in [-0.25, -0.2) is 0 Å². The maximum absolute atomic E-state index is 2.42. The Labute approximate surface area is 374 Å². The van der Waals surface area contributed by atoms with Crippen molar-refractivity contribution in [3.8, 4) is 0 Å². The van der Waals surface area contributed by atoms with E-state index in [0.29, 0.717) is 0 Å². The van der Waals surface area contributed by atoms with Gasteiger partial charge < -0.3 is 0 Å². The summed E-state index contributed by atoms with van der Waals surface area (Å²) < 4.78 is 0. The summed E-state index contributed by atoms with van der Waals surface area (Å²) in [6, 6.07) is 69.7. The number of hydrogen-bond donors (Lipinski definition) is 0. The molecule has 0 unspecified atom stereocenters. The van der Waals surface area contributed by atoms with E-state index < -0.39 is 0 Å². The zero-order valence-corrected chi connectivity index (χ0v) is 35.3. The second-order valence-electron chi connectivity index (χ2n) is 19.4. The van der Waals surface area contributed by atoms with Crippen LogP contribution in [0.3, 0.4) is 0 Å². The molecule has 0 heterocycles. The smallest absolute Gasteiger partial charge is 0.000000767 e. The molecule has 0 radical (unpaired) electrons. The average molecular weight is 823 g/mol. The summed E-state index contributed by atoms with van der Waals surface area (Å²) in [5, 5.41) is 50.3. The third-order valence-corrected chi connectivity index (χ3v) is 17.0. The van der Waals surface area contributed by atoms with Crippen LogP contribution in [0.4, 0.5) is 0 Å². The quantitative estimate of drug-likeness (QED) is 0.106. The zero-order valence-electron chi connectivity index (χ0n) is 35.3. The van der Waals surface area contributed by atoms with Gasteiger partial charge in [0.1, 0.15) is 0 Å². The number of fused-ring (bicyclic) bond motifs is 24. The first-order valence-corrected chi connectivity index (χ1v) is 23.5. The molecule has 0 saturated heterocycles. The van der Waals surface area contributed by atoms with Gasteiger partial charge in [0.05, 0.1) is 0 Å². The molecule has 0 saturated carbocycles. The van der Waals surface area contributed by atoms with Crippen molar-refractivity contribution in [1.82, 2.24) is 0 Å². The SMILES string of the molecule is c1ccc2c(cc1)c1c3c4cccccc4c4c5c6cccccc6c6c7c8cccccc8c8c9c%10cccccc%10c%10c%11c%12cccccc%12c%12c2c1c1c(c%12%11)c(c%109)c(c87)c(c56)c1c34. The fourth-order valence-electron chi connectivity index (χ4n) is 15.1. The highest BCUT2D eigenvalue weighted by Gasteiger charge is 2.38. The van der Waals surface area contributed by atoms with E-state index in [-0.39, 0.29) is 0 Å². The maximum atomic E-state index is 2.42. The Kier molecular flexibility index (Phi) is 5.04. The summed E-state index contributed by atoms with van der Waals surface area (Å²) in [7, 11) is 0. The van der Waals surface area contributed by atoms with Crippen LogP contribution in [-0.2, 0) is 0 Å². The van der Waals surface area contributed by atoms with Crippen LogP contribution in [0.15, 0.2) is 182 Å². The number of rotatable bonds is 0. The van der Waals surface area contributed by atoms with Crippen molar-refractivity contribution in [3.05, 3.63) is 182 Å². The molecule has 0 bridgehead atoms. The molecule has 19 rings (SSSR count). The molecule has 0 N–H and O–H groups in total. The van der Waals surface area contributed by atoms with Gasteiger partial charge >= 0.3 is 0 Å². The lowest BCUT2D eigenvalue weighted by atomic mass is 9.77. The summed E-state index contributed by atoms with van der Waals surface area (Å²) in [4.78, 5) is 0. The van der Waals surface area contributed by atoms with E-state index in [0.717, 1.165) is 0 Å². The van der Waals surface area contributed by atoms with Crippen LogP contribution >= 0.6 is 0 Å². The fourth-order valence-corrected chi connectivity index (χ4v) is 15.1. The highest BCUT2D eigenvalue weighted by atomic mass is 14.4. The molecule has 0 nitrogen and oxygen atoms in total. The van der Waals surface area contributed by atoms with Gasteiger partial charge in [-0.2, -0.15) is 0 Å². The third-order valence-electron chi connectivity index (χ3n) is 17.0. The molecule has 0 aliphatic heterocycles. The Balaban J connectivity index is 1.36. The molecule has 0 spiro atoms. The summed E-state index contributed by atoms with van der Waals surface area (Å²) >= 11 is 0. The van der Waals surface area contributed by atoms with Gasteiger partial charge in [-0.3, -0.25) is 0 Å². The summed E-state index contributed by atoms with van der Waals surface area (Å²) in [5.41, 5.74) is 0. The van der Waals surface area contributed by atoms with Gasteiger partial charge in [0, 0.05) is 0 Å². The van der Waals surface area contributed by atoms with E-state index in [1.807, 2.05) is 0 Å². The third kappa shape index (κ3) is 3.06. The van der Waals surface area contributed by atoms with E-state index >= 15 is 0 Å². The van der Waals surface area contributed by atoms with Crippen molar-refractivity contribution in [2.45, 2.75) is 0 Å². The van der Waals surface area contributed by atoms with Crippen LogP contribution in [0.25, 0.3) is 194 Å². The monoisotopic (exact) mass is 822 g/mol. The molecule has 66 heavy (non-hydrogen) atoms. The average Bonchev–Trinajstić information content (AvgIpc) is 3.76. The highest BCUT2D eigenvalue weighted by molar-refractivity contribution is 6.70. The first kappa shape index (κ1) is 32.1. The van der Waals surface area contributed by atoms with E-state index in [1.165, 1.54) is 194 Å². The molecule has 0 aromatic heterocycles. The van der Waals surface area contributed by atoms with Gasteiger partial charge in [0.15, 0.2) is 0 Å². The lowest BCUT2D eigenvalue weighted by Crippen LogP contribution is -1.94. The van der Waals surface area contributed by atoms with Gasteiger partial charge in [-0.05, 0) is 194 Å². The van der Waals surface area contributed by atoms with Crippen molar-refractivity contribution in [3.63, 3.8) is 0 Å². The first-order chi connectivity index (χ1) is 32.9. The standard InChI is InChI=1S/C66H30/c1-7-19-31-32(20-8-1)44-46-34-22-10-3-12-24-36(34)48-50-38-26-14-5-16-28-40(38)52-54-42-30-18-6-17-29-41(42)53-51-39-27-15-4-13-25-37(39)49-47-35-23-11-2-9-21-33(35)45-43(31)55(44)61-62(56(45)47)64(58(49)51)66(60(53)54)65(59(50)52)63(61)57(46)48/h1-30H. The Morgan fingerprint density at radius 1 is 0.0909 bits per heavy atom. The summed E-state index contributed by atoms with van der Waals surface area (Å²) in [6.07, 6.45) is 0. The van der Waals surface area contributed by atoms with Gasteiger partial charge in [0.25, 0.3) is 0 Å². The predicted molar refractivity (Wildman–Crippen MR) is 289 cm³/mol. The van der Waals surface area contributed by atoms with E-state index in [9.17, 15) is 0 Å². The van der Waals surface area contributed by atoms with E-state index in [4.69, 9.17) is 0 Å². The molecule has 0 fully saturated rings. The second kappa shape index (κ2) is 10.3. The van der Waals surface area contributed by atoms with Crippen LogP contribution in [0, 0.1) is 0 Å². The molecule has 0 amide bonds. The Morgan fingerprint density at radius 2 is 0.182 bits per heavy atom. The topological polar surface area (TPSA) is 0 Å². The maximum Gasteiger partial charge on any atom is -0.000000767 e. The van der Waals surface area contributed by atoms with Crippen LogP contribution in [0.1, 0.15) is 0 Å². The Morgan fingerprint density at radius 3 is 0.288 bits per heavy atom. The van der Waals surface area contributed by atoms with Crippen molar-refractivity contribution in [2.24, 2.45) is 0 Å². The van der Waals surface area contributed by atoms with Crippen molar-refractivity contribution < 1.29 is 0 Å². The lowest BCUT2D eigenvalue weighted by Gasteiger charge is -2.24. The molecule has 0 atom stereocenters. The minimum atomic E-state index is 1.34. The highest BCUT2D eigenvalue weighted by Crippen LogP contribution is 2.67. The van der Waals surface area contributed by atoms with Gasteiger partial charge in [-0.15, -0.1) is 0 Å². The zero-order chi connectivity index (χ0) is 42.0. The molecular weight excluding hydrogens is 793 g/mol. The molecule has 0 heteroatoms. The van der Waals surface area contributed by atoms with Crippen molar-refractivity contribution in [2.75, 3.05) is 0 Å². The number of benzene rings is 7. The Hall–Kier alpha value is -8.58. The van der Waals surface area contributed by atoms with Crippen molar-refractivity contribution in [1.29, 1.82) is 0 Å². The molecule has 0 aliphatic carbocycles. The van der Waals surface area contributed by atoms with E-state index in [1.54, 1.807) is 0 Å². The molecule has 19 aromatic rings. The molecule has 294 valence electrons. The Bertz CT molecular complexity index is 4260. The number of hydrogen-bond acceptors (Lipinski definition) is 0. The van der Waals surface area contributed by atoms with Crippen LogP contribution in [0.5, 0.6) is 0 Å². The van der Waals surface area contributed by atoms with Crippen molar-refractivity contribution >= 4 is 194 Å². The predicted octanol–water partition coefficient (Wildman–Crippen LogP) is 19.1. The van der Waals surface area contributed by atoms with Gasteiger partial charge in [0.2, 0.25) is 0 Å². The minimum Gasteiger partial charge on any atom is -0.0622 e. The van der Waals surface area contributed by atoms with Gasteiger partial charge in [-0.1, -0.05) is 182 Å². The normalized spacial score (nSPS) is 13.5. The van der Waals surface area contributed by atoms with Crippen LogP contribution in [0.2, 0.25) is 0 Å². The minimum absolute atomic E-state index is 1.34. The summed E-state index contributed by atoms with van der Waals surface area (Å²) in [5.74, 6) is 0. The molecule has 0 aliphatic rings. The fraction of sp³-hybridized carbons (Fsp3) is 0. The first-order valence-electron chi connectivity index (χ1n) is 23.5. The van der Waals surface area contributed by atoms with Crippen LogP contribution in [-0.4, -0.2) is 0 Å². The molecular formula is C66H30. The van der Waals surface area contributed by atoms with Crippen LogP contribution < -0.4 is 0 Å². The lowest BCUT2D eigenvalue weighted by molar-refractivity contribution is 1.88. The summed E-state index contributed by atoms with van der Waals surface area (Å²) in [6.45, 7) is 0.